The number of benzene rings is 2. The van der Waals surface area contributed by atoms with Crippen LogP contribution in [0.5, 0.6) is 0 Å². The van der Waals surface area contributed by atoms with Gasteiger partial charge in [0.2, 0.25) is 0 Å². The van der Waals surface area contributed by atoms with Gasteiger partial charge in [-0.05, 0) is 48.7 Å². The van der Waals surface area contributed by atoms with E-state index in [1.807, 2.05) is 6.92 Å². The molecule has 0 spiro atoms. The summed E-state index contributed by atoms with van der Waals surface area (Å²) in [6.45, 7) is 3.28. The molecule has 5 nitrogen and oxygen atoms in total. The van der Waals surface area contributed by atoms with Gasteiger partial charge in [0, 0.05) is 26.7 Å². The van der Waals surface area contributed by atoms with Crippen LogP contribution in [-0.4, -0.2) is 38.5 Å². The molecule has 0 aliphatic heterocycles. The molecule has 0 bridgehead atoms. The van der Waals surface area contributed by atoms with Crippen LogP contribution in [0.1, 0.15) is 21.5 Å². The molecule has 144 valence electrons. The highest BCUT2D eigenvalue weighted by Gasteiger charge is 2.09. The van der Waals surface area contributed by atoms with Crippen LogP contribution in [0.2, 0.25) is 0 Å². The molecule has 2 aromatic carbocycles. The van der Waals surface area contributed by atoms with E-state index in [-0.39, 0.29) is 11.4 Å². The van der Waals surface area contributed by atoms with Gasteiger partial charge >= 0.3 is 0 Å². The average molecular weight is 374 g/mol. The number of amides is 1. The van der Waals surface area contributed by atoms with E-state index in [9.17, 15) is 13.6 Å². The fourth-order valence-corrected chi connectivity index (χ4v) is 2.57. The maximum atomic E-state index is 13.5. The van der Waals surface area contributed by atoms with E-state index in [1.54, 1.807) is 19.2 Å². The highest BCUT2D eigenvalue weighted by molar-refractivity contribution is 5.94. The van der Waals surface area contributed by atoms with Gasteiger partial charge in [0.15, 0.2) is 5.96 Å². The summed E-state index contributed by atoms with van der Waals surface area (Å²) in [7, 11) is 1.65. The first-order valence-electron chi connectivity index (χ1n) is 8.73. The van der Waals surface area contributed by atoms with Crippen molar-refractivity contribution in [2.75, 3.05) is 26.7 Å². The van der Waals surface area contributed by atoms with E-state index >= 15 is 0 Å². The summed E-state index contributed by atoms with van der Waals surface area (Å²) in [5.74, 6) is -0.643. The van der Waals surface area contributed by atoms with Crippen LogP contribution in [0.3, 0.4) is 0 Å². The number of halogens is 2. The minimum Gasteiger partial charge on any atom is -0.356 e. The smallest absolute Gasteiger partial charge is 0.254 e. The zero-order chi connectivity index (χ0) is 19.6. The Labute approximate surface area is 157 Å². The van der Waals surface area contributed by atoms with Crippen LogP contribution < -0.4 is 16.0 Å². The monoisotopic (exact) mass is 374 g/mol. The van der Waals surface area contributed by atoms with E-state index in [0.29, 0.717) is 25.6 Å². The van der Waals surface area contributed by atoms with Crippen molar-refractivity contribution in [3.05, 3.63) is 70.8 Å². The van der Waals surface area contributed by atoms with E-state index in [1.165, 1.54) is 30.3 Å². The minimum absolute atomic E-state index is 0.0228. The number of aryl methyl sites for hydroxylation is 1. The first-order valence-corrected chi connectivity index (χ1v) is 8.73. The molecule has 0 aliphatic carbocycles. The quantitative estimate of drug-likeness (QED) is 0.396. The Balaban J connectivity index is 1.70. The molecular weight excluding hydrogens is 350 g/mol. The average Bonchev–Trinajstić information content (AvgIpc) is 2.65. The van der Waals surface area contributed by atoms with Gasteiger partial charge in [0.05, 0.1) is 5.56 Å². The lowest BCUT2D eigenvalue weighted by Gasteiger charge is -2.13. The summed E-state index contributed by atoms with van der Waals surface area (Å²) in [4.78, 5) is 16.0. The summed E-state index contributed by atoms with van der Waals surface area (Å²) in [6, 6.07) is 10.6. The zero-order valence-electron chi connectivity index (χ0n) is 15.5. The minimum atomic E-state index is -0.545. The third kappa shape index (κ3) is 6.36. The second-order valence-electron chi connectivity index (χ2n) is 5.98. The molecule has 3 N–H and O–H groups in total. The van der Waals surface area contributed by atoms with Crippen LogP contribution in [-0.2, 0) is 6.42 Å². The molecular formula is C20H24F2N4O. The highest BCUT2D eigenvalue weighted by Crippen LogP contribution is 2.10. The first kappa shape index (κ1) is 20.4. The van der Waals surface area contributed by atoms with Gasteiger partial charge in [-0.15, -0.1) is 0 Å². The van der Waals surface area contributed by atoms with Gasteiger partial charge < -0.3 is 16.0 Å². The fraction of sp³-hybridized carbons (Fsp3) is 0.300. The van der Waals surface area contributed by atoms with Crippen molar-refractivity contribution < 1.29 is 13.6 Å². The van der Waals surface area contributed by atoms with Crippen LogP contribution in [0.15, 0.2) is 47.5 Å². The Kier molecular flexibility index (Phi) is 7.73. The molecule has 0 heterocycles. The van der Waals surface area contributed by atoms with E-state index in [4.69, 9.17) is 0 Å². The molecule has 1 amide bonds. The lowest BCUT2D eigenvalue weighted by molar-refractivity contribution is 0.0950. The van der Waals surface area contributed by atoms with Gasteiger partial charge in [0.1, 0.15) is 11.6 Å². The second kappa shape index (κ2) is 10.3. The maximum absolute atomic E-state index is 13.5. The predicted octanol–water partition coefficient (Wildman–Crippen LogP) is 2.41. The summed E-state index contributed by atoms with van der Waals surface area (Å²) >= 11 is 0. The molecule has 0 radical (unpaired) electrons. The third-order valence-electron chi connectivity index (χ3n) is 4.04. The van der Waals surface area contributed by atoms with Gasteiger partial charge in [-0.1, -0.05) is 18.2 Å². The number of nitrogens with zero attached hydrogens (tertiary/aromatic N) is 1. The molecule has 0 aliphatic rings. The van der Waals surface area contributed by atoms with Crippen LogP contribution >= 0.6 is 0 Å². The number of nitrogens with one attached hydrogen (secondary N) is 3. The molecule has 2 rings (SSSR count). The summed E-state index contributed by atoms with van der Waals surface area (Å²) in [6.07, 6.45) is 0.733. The normalized spacial score (nSPS) is 11.2. The molecule has 0 unspecified atom stereocenters. The Hall–Kier alpha value is -2.96. The van der Waals surface area contributed by atoms with Crippen LogP contribution in [0.25, 0.3) is 0 Å². The van der Waals surface area contributed by atoms with Crippen LogP contribution in [0.4, 0.5) is 8.78 Å². The topological polar surface area (TPSA) is 65.5 Å². The summed E-state index contributed by atoms with van der Waals surface area (Å²) in [5.41, 5.74) is 2.00. The summed E-state index contributed by atoms with van der Waals surface area (Å²) in [5, 5.41) is 8.89. The summed E-state index contributed by atoms with van der Waals surface area (Å²) < 4.78 is 26.7. The number of guanidine groups is 1. The van der Waals surface area contributed by atoms with E-state index in [0.717, 1.165) is 17.5 Å². The number of aliphatic imine (C=N–C) groups is 1. The number of hydrogen-bond donors (Lipinski definition) is 3. The molecule has 0 saturated carbocycles. The highest BCUT2D eigenvalue weighted by atomic mass is 19.1. The molecule has 2 aromatic rings. The van der Waals surface area contributed by atoms with Gasteiger partial charge in [-0.3, -0.25) is 9.79 Å². The van der Waals surface area contributed by atoms with Gasteiger partial charge in [-0.25, -0.2) is 8.78 Å². The Morgan fingerprint density at radius 2 is 1.70 bits per heavy atom. The molecule has 0 aromatic heterocycles. The standard InChI is InChI=1S/C20H24F2N4O/c1-14-13-16(21)8-7-15(14)9-10-25-20(23-2)26-12-11-24-19(27)17-5-3-4-6-18(17)22/h3-8,13H,9-12H2,1-2H3,(H,24,27)(H2,23,25,26). The lowest BCUT2D eigenvalue weighted by atomic mass is 10.1. The predicted molar refractivity (Wildman–Crippen MR) is 103 cm³/mol. The number of carbonyl (C=O) groups excluding carboxylic acids is 1. The SMILES string of the molecule is CN=C(NCCNC(=O)c1ccccc1F)NCCc1ccc(F)cc1C. The van der Waals surface area contributed by atoms with Crippen molar-refractivity contribution in [2.24, 2.45) is 4.99 Å². The number of hydrogen-bond acceptors (Lipinski definition) is 2. The van der Waals surface area contributed by atoms with Crippen molar-refractivity contribution in [1.29, 1.82) is 0 Å². The zero-order valence-corrected chi connectivity index (χ0v) is 15.5. The van der Waals surface area contributed by atoms with E-state index in [2.05, 4.69) is 20.9 Å². The van der Waals surface area contributed by atoms with Crippen molar-refractivity contribution in [2.45, 2.75) is 13.3 Å². The molecule has 0 fully saturated rings. The van der Waals surface area contributed by atoms with Crippen molar-refractivity contribution in [1.82, 2.24) is 16.0 Å². The molecule has 27 heavy (non-hydrogen) atoms. The third-order valence-corrected chi connectivity index (χ3v) is 4.04. The number of carbonyl (C=O) groups is 1. The first-order chi connectivity index (χ1) is 13.0. The van der Waals surface area contributed by atoms with Gasteiger partial charge in [0.25, 0.3) is 5.91 Å². The van der Waals surface area contributed by atoms with Crippen LogP contribution in [0, 0.1) is 18.6 Å². The largest absolute Gasteiger partial charge is 0.356 e. The van der Waals surface area contributed by atoms with E-state index < -0.39 is 11.7 Å². The van der Waals surface area contributed by atoms with Crippen molar-refractivity contribution >= 4 is 11.9 Å². The Bertz CT molecular complexity index is 808. The molecule has 0 saturated heterocycles. The maximum Gasteiger partial charge on any atom is 0.254 e. The Morgan fingerprint density at radius 1 is 1.00 bits per heavy atom. The van der Waals surface area contributed by atoms with Crippen molar-refractivity contribution in [3.63, 3.8) is 0 Å². The van der Waals surface area contributed by atoms with Crippen molar-refractivity contribution in [3.8, 4) is 0 Å². The molecule has 0 atom stereocenters. The Morgan fingerprint density at radius 3 is 2.41 bits per heavy atom. The van der Waals surface area contributed by atoms with Gasteiger partial charge in [-0.2, -0.15) is 0 Å². The molecule has 7 heteroatoms. The fourth-order valence-electron chi connectivity index (χ4n) is 2.57. The lowest BCUT2D eigenvalue weighted by Crippen LogP contribution is -2.42. The number of rotatable bonds is 7. The second-order valence-corrected chi connectivity index (χ2v) is 5.98.